The molecule has 4 rings (SSSR count). The van der Waals surface area contributed by atoms with Crippen molar-refractivity contribution in [1.82, 2.24) is 19.4 Å². The van der Waals surface area contributed by atoms with Crippen LogP contribution in [0, 0.1) is 5.82 Å². The lowest BCUT2D eigenvalue weighted by Gasteiger charge is -2.34. The van der Waals surface area contributed by atoms with Crippen LogP contribution >= 0.6 is 0 Å². The number of para-hydroxylation sites is 1. The van der Waals surface area contributed by atoms with E-state index in [0.717, 1.165) is 11.5 Å². The van der Waals surface area contributed by atoms with Crippen LogP contribution in [0.1, 0.15) is 10.4 Å². The molecule has 0 aliphatic carbocycles. The van der Waals surface area contributed by atoms with Crippen molar-refractivity contribution < 1.29 is 17.6 Å². The van der Waals surface area contributed by atoms with Gasteiger partial charge >= 0.3 is 0 Å². The molecule has 1 N–H and O–H groups in total. The molecule has 2 heterocycles. The first-order valence-corrected chi connectivity index (χ1v) is 9.88. The lowest BCUT2D eigenvalue weighted by Crippen LogP contribution is -2.50. The molecule has 9 heteroatoms. The summed E-state index contributed by atoms with van der Waals surface area (Å²) < 4.78 is 40.0. The van der Waals surface area contributed by atoms with E-state index in [1.54, 1.807) is 23.2 Å². The Morgan fingerprint density at radius 2 is 1.81 bits per heavy atom. The average Bonchev–Trinajstić information content (AvgIpc) is 3.16. The van der Waals surface area contributed by atoms with Gasteiger partial charge in [-0.25, -0.2) is 12.8 Å². The summed E-state index contributed by atoms with van der Waals surface area (Å²) in [5.41, 5.74) is 1.17. The second-order valence-corrected chi connectivity index (χ2v) is 8.23. The molecule has 140 valence electrons. The van der Waals surface area contributed by atoms with Crippen LogP contribution in [0.15, 0.2) is 53.6 Å². The third-order valence-electron chi connectivity index (χ3n) is 4.67. The zero-order valence-electron chi connectivity index (χ0n) is 14.3. The Morgan fingerprint density at radius 3 is 2.56 bits per heavy atom. The monoisotopic (exact) mass is 388 g/mol. The van der Waals surface area contributed by atoms with Gasteiger partial charge in [-0.1, -0.05) is 18.2 Å². The number of amides is 1. The minimum atomic E-state index is -3.78. The van der Waals surface area contributed by atoms with Gasteiger partial charge in [-0.05, 0) is 24.3 Å². The van der Waals surface area contributed by atoms with Crippen LogP contribution in [0.5, 0.6) is 0 Å². The molecular weight excluding hydrogens is 371 g/mol. The van der Waals surface area contributed by atoms with E-state index in [2.05, 4.69) is 10.2 Å². The zero-order chi connectivity index (χ0) is 19.0. The number of sulfonamides is 1. The summed E-state index contributed by atoms with van der Waals surface area (Å²) in [6, 6.07) is 10.3. The lowest BCUT2D eigenvalue weighted by atomic mass is 10.1. The molecule has 0 atom stereocenters. The van der Waals surface area contributed by atoms with Gasteiger partial charge in [-0.3, -0.25) is 9.89 Å². The zero-order valence-corrected chi connectivity index (χ0v) is 15.1. The summed E-state index contributed by atoms with van der Waals surface area (Å²) in [5.74, 6) is -0.773. The summed E-state index contributed by atoms with van der Waals surface area (Å²) in [6.45, 7) is 0.836. The number of carbonyl (C=O) groups is 1. The Balaban J connectivity index is 1.50. The maximum Gasteiger partial charge on any atom is 0.256 e. The van der Waals surface area contributed by atoms with Crippen LogP contribution < -0.4 is 0 Å². The van der Waals surface area contributed by atoms with E-state index in [-0.39, 0.29) is 37.0 Å². The Morgan fingerprint density at radius 1 is 1.07 bits per heavy atom. The van der Waals surface area contributed by atoms with E-state index in [0.29, 0.717) is 11.1 Å². The number of benzene rings is 2. The van der Waals surface area contributed by atoms with Gasteiger partial charge in [0.05, 0.1) is 22.2 Å². The van der Waals surface area contributed by atoms with Crippen molar-refractivity contribution >= 4 is 26.8 Å². The topological polar surface area (TPSA) is 86.4 Å². The highest BCUT2D eigenvalue weighted by Gasteiger charge is 2.31. The van der Waals surface area contributed by atoms with Crippen LogP contribution in [0.2, 0.25) is 0 Å². The van der Waals surface area contributed by atoms with Crippen molar-refractivity contribution in [2.75, 3.05) is 26.2 Å². The number of H-pyrrole nitrogens is 1. The predicted octanol–water partition coefficient (Wildman–Crippen LogP) is 1.85. The maximum atomic E-state index is 13.4. The second kappa shape index (κ2) is 6.75. The Hall–Kier alpha value is -2.78. The molecule has 0 bridgehead atoms. The first-order valence-electron chi connectivity index (χ1n) is 8.44. The van der Waals surface area contributed by atoms with Crippen LogP contribution in [-0.2, 0) is 10.0 Å². The van der Waals surface area contributed by atoms with E-state index >= 15 is 0 Å². The molecule has 0 spiro atoms. The quantitative estimate of drug-likeness (QED) is 0.742. The van der Waals surface area contributed by atoms with Crippen LogP contribution in [0.3, 0.4) is 0 Å². The molecule has 2 aromatic carbocycles. The predicted molar refractivity (Wildman–Crippen MR) is 97.2 cm³/mol. The molecule has 0 unspecified atom stereocenters. The molecule has 1 saturated heterocycles. The molecule has 1 aliphatic heterocycles. The molecule has 3 aromatic rings. The summed E-state index contributed by atoms with van der Waals surface area (Å²) in [7, 11) is -3.78. The van der Waals surface area contributed by atoms with E-state index in [1.165, 1.54) is 22.5 Å². The smallest absolute Gasteiger partial charge is 0.256 e. The number of halogens is 1. The third-order valence-corrected chi connectivity index (χ3v) is 6.56. The van der Waals surface area contributed by atoms with E-state index in [4.69, 9.17) is 0 Å². The van der Waals surface area contributed by atoms with Crippen molar-refractivity contribution in [3.8, 4) is 0 Å². The fraction of sp³-hybridized carbons (Fsp3) is 0.222. The van der Waals surface area contributed by atoms with Crippen LogP contribution in [-0.4, -0.2) is 59.9 Å². The first-order chi connectivity index (χ1) is 13.0. The molecule has 1 aliphatic rings. The molecule has 1 fully saturated rings. The summed E-state index contributed by atoms with van der Waals surface area (Å²) >= 11 is 0. The van der Waals surface area contributed by atoms with Crippen LogP contribution in [0.25, 0.3) is 10.9 Å². The Kier molecular flexibility index (Phi) is 4.40. The molecule has 1 aromatic heterocycles. The highest BCUT2D eigenvalue weighted by atomic mass is 32.2. The summed E-state index contributed by atoms with van der Waals surface area (Å²) in [5, 5.41) is 7.63. The van der Waals surface area contributed by atoms with Gasteiger partial charge in [0.15, 0.2) is 0 Å². The number of aromatic amines is 1. The van der Waals surface area contributed by atoms with Gasteiger partial charge in [0.1, 0.15) is 5.82 Å². The standard InChI is InChI=1S/C18H17FN4O3S/c19-14-4-2-5-15(11-14)27(25,26)23-9-7-22(8-10-23)18(24)16-6-1-3-13-12-20-21-17(13)16/h1-6,11-12H,7-10H2,(H,20,21). The number of rotatable bonds is 3. The number of carbonyl (C=O) groups excluding carboxylic acids is 1. The first kappa shape index (κ1) is 17.6. The molecule has 7 nitrogen and oxygen atoms in total. The highest BCUT2D eigenvalue weighted by Crippen LogP contribution is 2.21. The Labute approximate surface area is 155 Å². The van der Waals surface area contributed by atoms with E-state index in [1.807, 2.05) is 6.07 Å². The number of nitrogens with zero attached hydrogens (tertiary/aromatic N) is 3. The van der Waals surface area contributed by atoms with Crippen LogP contribution in [0.4, 0.5) is 4.39 Å². The molecule has 0 saturated carbocycles. The van der Waals surface area contributed by atoms with Gasteiger partial charge in [-0.2, -0.15) is 9.40 Å². The van der Waals surface area contributed by atoms with E-state index < -0.39 is 15.8 Å². The van der Waals surface area contributed by atoms with Gasteiger partial charge in [0.25, 0.3) is 5.91 Å². The molecule has 1 amide bonds. The minimum absolute atomic E-state index is 0.0792. The van der Waals surface area contributed by atoms with Gasteiger partial charge < -0.3 is 4.90 Å². The molecule has 0 radical (unpaired) electrons. The SMILES string of the molecule is O=C(c1cccc2cn[nH]c12)N1CCN(S(=O)(=O)c2cccc(F)c2)CC1. The Bertz CT molecular complexity index is 1100. The van der Waals surface area contributed by atoms with E-state index in [9.17, 15) is 17.6 Å². The van der Waals surface area contributed by atoms with Crippen molar-refractivity contribution in [2.45, 2.75) is 4.90 Å². The largest absolute Gasteiger partial charge is 0.336 e. The third kappa shape index (κ3) is 3.19. The number of fused-ring (bicyclic) bond motifs is 1. The normalized spacial score (nSPS) is 16.0. The lowest BCUT2D eigenvalue weighted by molar-refractivity contribution is 0.0699. The number of aromatic nitrogens is 2. The fourth-order valence-corrected chi connectivity index (χ4v) is 4.68. The van der Waals surface area contributed by atoms with Gasteiger partial charge in [0, 0.05) is 31.6 Å². The van der Waals surface area contributed by atoms with Gasteiger partial charge in [-0.15, -0.1) is 0 Å². The van der Waals surface area contributed by atoms with Gasteiger partial charge in [0.2, 0.25) is 10.0 Å². The number of hydrogen-bond donors (Lipinski definition) is 1. The fourth-order valence-electron chi connectivity index (χ4n) is 3.23. The number of nitrogens with one attached hydrogen (secondary N) is 1. The molecular formula is C18H17FN4O3S. The minimum Gasteiger partial charge on any atom is -0.336 e. The second-order valence-electron chi connectivity index (χ2n) is 6.29. The van der Waals surface area contributed by atoms with Crippen molar-refractivity contribution in [3.63, 3.8) is 0 Å². The summed E-state index contributed by atoms with van der Waals surface area (Å²) in [6.07, 6.45) is 1.65. The number of piperazine rings is 1. The van der Waals surface area contributed by atoms with Crippen molar-refractivity contribution in [2.24, 2.45) is 0 Å². The number of hydrogen-bond acceptors (Lipinski definition) is 4. The van der Waals surface area contributed by atoms with Crippen molar-refractivity contribution in [3.05, 3.63) is 60.0 Å². The maximum absolute atomic E-state index is 13.4. The molecule has 27 heavy (non-hydrogen) atoms. The average molecular weight is 388 g/mol. The van der Waals surface area contributed by atoms with Crippen molar-refractivity contribution in [1.29, 1.82) is 0 Å². The highest BCUT2D eigenvalue weighted by molar-refractivity contribution is 7.89. The summed E-state index contributed by atoms with van der Waals surface area (Å²) in [4.78, 5) is 14.4.